The van der Waals surface area contributed by atoms with E-state index >= 15 is 0 Å². The molecule has 2 rings (SSSR count). The predicted molar refractivity (Wildman–Crippen MR) is 59.6 cm³/mol. The number of phenolic OH excluding ortho intramolecular Hbond substituents is 2. The van der Waals surface area contributed by atoms with Gasteiger partial charge in [0.1, 0.15) is 11.5 Å². The summed E-state index contributed by atoms with van der Waals surface area (Å²) in [4.78, 5) is 11.9. The van der Waals surface area contributed by atoms with E-state index in [0.717, 1.165) is 0 Å². The van der Waals surface area contributed by atoms with Crippen molar-refractivity contribution in [2.24, 2.45) is 0 Å². The van der Waals surface area contributed by atoms with Crippen molar-refractivity contribution in [3.8, 4) is 11.5 Å². The van der Waals surface area contributed by atoms with Gasteiger partial charge in [-0.25, -0.2) is 0 Å². The molecule has 0 unspecified atom stereocenters. The third-order valence-corrected chi connectivity index (χ3v) is 2.22. The first-order chi connectivity index (χ1) is 7.66. The third-order valence-electron chi connectivity index (χ3n) is 2.22. The van der Waals surface area contributed by atoms with Crippen molar-refractivity contribution in [3.63, 3.8) is 0 Å². The molecular formula is C13H10O3. The standard InChI is InChI=1S/C13H10O3/c14-11-5-1-3-9(7-11)13(16)10-4-2-6-12(15)8-10/h1-8,14-15H. The van der Waals surface area contributed by atoms with E-state index in [-0.39, 0.29) is 17.3 Å². The number of hydrogen-bond acceptors (Lipinski definition) is 3. The third kappa shape index (κ3) is 2.03. The molecule has 3 nitrogen and oxygen atoms in total. The Balaban J connectivity index is 2.39. The number of rotatable bonds is 2. The SMILES string of the molecule is O=C(c1cccc(O)c1)c1cccc(O)c1. The van der Waals surface area contributed by atoms with E-state index in [4.69, 9.17) is 0 Å². The van der Waals surface area contributed by atoms with Crippen molar-refractivity contribution in [3.05, 3.63) is 59.7 Å². The molecule has 80 valence electrons. The van der Waals surface area contributed by atoms with Crippen LogP contribution in [-0.2, 0) is 0 Å². The Labute approximate surface area is 92.6 Å². The van der Waals surface area contributed by atoms with Gasteiger partial charge in [0.15, 0.2) is 5.78 Å². The molecule has 3 heteroatoms. The van der Waals surface area contributed by atoms with E-state index in [1.54, 1.807) is 24.3 Å². The second kappa shape index (κ2) is 4.06. The van der Waals surface area contributed by atoms with Gasteiger partial charge >= 0.3 is 0 Å². The lowest BCUT2D eigenvalue weighted by atomic mass is 10.0. The number of phenols is 2. The van der Waals surface area contributed by atoms with Crippen LogP contribution in [0.2, 0.25) is 0 Å². The number of aromatic hydroxyl groups is 2. The van der Waals surface area contributed by atoms with Crippen molar-refractivity contribution in [1.82, 2.24) is 0 Å². The van der Waals surface area contributed by atoms with E-state index in [1.807, 2.05) is 0 Å². The van der Waals surface area contributed by atoms with E-state index in [1.165, 1.54) is 24.3 Å². The van der Waals surface area contributed by atoms with Gasteiger partial charge in [0, 0.05) is 11.1 Å². The molecule has 0 aliphatic heterocycles. The Hall–Kier alpha value is -2.29. The molecule has 0 amide bonds. The summed E-state index contributed by atoms with van der Waals surface area (Å²) in [6.07, 6.45) is 0. The molecular weight excluding hydrogens is 204 g/mol. The minimum Gasteiger partial charge on any atom is -0.508 e. The molecule has 16 heavy (non-hydrogen) atoms. The van der Waals surface area contributed by atoms with Gasteiger partial charge in [-0.15, -0.1) is 0 Å². The Morgan fingerprint density at radius 2 is 1.25 bits per heavy atom. The Morgan fingerprint density at radius 1 is 0.812 bits per heavy atom. The van der Waals surface area contributed by atoms with Crippen LogP contribution in [0.3, 0.4) is 0 Å². The summed E-state index contributed by atoms with van der Waals surface area (Å²) < 4.78 is 0. The Kier molecular flexibility index (Phi) is 2.60. The highest BCUT2D eigenvalue weighted by molar-refractivity contribution is 6.09. The Bertz CT molecular complexity index is 485. The molecule has 0 atom stereocenters. The van der Waals surface area contributed by atoms with Crippen LogP contribution in [0.5, 0.6) is 11.5 Å². The highest BCUT2D eigenvalue weighted by Crippen LogP contribution is 2.17. The highest BCUT2D eigenvalue weighted by atomic mass is 16.3. The van der Waals surface area contributed by atoms with Gasteiger partial charge in [0.2, 0.25) is 0 Å². The predicted octanol–water partition coefficient (Wildman–Crippen LogP) is 2.33. The summed E-state index contributed by atoms with van der Waals surface area (Å²) >= 11 is 0. The minimum atomic E-state index is -0.230. The molecule has 2 aromatic carbocycles. The van der Waals surface area contributed by atoms with Gasteiger partial charge in [0.05, 0.1) is 0 Å². The largest absolute Gasteiger partial charge is 0.508 e. The quantitative estimate of drug-likeness (QED) is 0.754. The van der Waals surface area contributed by atoms with Crippen molar-refractivity contribution in [2.45, 2.75) is 0 Å². The summed E-state index contributed by atoms with van der Waals surface area (Å²) in [7, 11) is 0. The number of carbonyl (C=O) groups is 1. The first-order valence-electron chi connectivity index (χ1n) is 4.79. The first-order valence-corrected chi connectivity index (χ1v) is 4.79. The van der Waals surface area contributed by atoms with Crippen molar-refractivity contribution in [2.75, 3.05) is 0 Å². The molecule has 0 saturated carbocycles. The summed E-state index contributed by atoms with van der Waals surface area (Å²) in [6.45, 7) is 0. The number of benzene rings is 2. The fourth-order valence-electron chi connectivity index (χ4n) is 1.46. The van der Waals surface area contributed by atoms with Gasteiger partial charge in [-0.2, -0.15) is 0 Å². The lowest BCUT2D eigenvalue weighted by molar-refractivity contribution is 0.103. The van der Waals surface area contributed by atoms with Gasteiger partial charge in [-0.05, 0) is 24.3 Å². The van der Waals surface area contributed by atoms with Crippen molar-refractivity contribution >= 4 is 5.78 Å². The zero-order valence-corrected chi connectivity index (χ0v) is 8.42. The molecule has 0 aliphatic carbocycles. The first kappa shape index (κ1) is 10.2. The van der Waals surface area contributed by atoms with Gasteiger partial charge in [-0.1, -0.05) is 24.3 Å². The molecule has 0 spiro atoms. The van der Waals surface area contributed by atoms with E-state index < -0.39 is 0 Å². The molecule has 0 aromatic heterocycles. The van der Waals surface area contributed by atoms with Crippen LogP contribution < -0.4 is 0 Å². The molecule has 2 N–H and O–H groups in total. The lowest BCUT2D eigenvalue weighted by Crippen LogP contribution is -2.00. The molecule has 0 bridgehead atoms. The minimum absolute atomic E-state index is 0.0472. The highest BCUT2D eigenvalue weighted by Gasteiger charge is 2.09. The van der Waals surface area contributed by atoms with Crippen LogP contribution in [0.15, 0.2) is 48.5 Å². The second-order valence-electron chi connectivity index (χ2n) is 3.43. The molecule has 0 radical (unpaired) electrons. The van der Waals surface area contributed by atoms with Crippen LogP contribution in [-0.4, -0.2) is 16.0 Å². The van der Waals surface area contributed by atoms with Crippen LogP contribution in [0, 0.1) is 0 Å². The smallest absolute Gasteiger partial charge is 0.193 e. The normalized spacial score (nSPS) is 10.0. The summed E-state index contributed by atoms with van der Waals surface area (Å²) in [5, 5.41) is 18.5. The average Bonchev–Trinajstić information content (AvgIpc) is 2.28. The molecule has 2 aromatic rings. The monoisotopic (exact) mass is 214 g/mol. The summed E-state index contributed by atoms with van der Waals surface area (Å²) in [6, 6.07) is 12.2. The maximum absolute atomic E-state index is 11.9. The maximum atomic E-state index is 11.9. The summed E-state index contributed by atoms with van der Waals surface area (Å²) in [5.41, 5.74) is 0.788. The zero-order valence-electron chi connectivity index (χ0n) is 8.42. The number of hydrogen-bond donors (Lipinski definition) is 2. The molecule has 0 fully saturated rings. The van der Waals surface area contributed by atoms with Crippen molar-refractivity contribution in [1.29, 1.82) is 0 Å². The van der Waals surface area contributed by atoms with E-state index in [2.05, 4.69) is 0 Å². The van der Waals surface area contributed by atoms with E-state index in [0.29, 0.717) is 11.1 Å². The maximum Gasteiger partial charge on any atom is 0.193 e. The van der Waals surface area contributed by atoms with Crippen LogP contribution in [0.25, 0.3) is 0 Å². The molecule has 0 heterocycles. The van der Waals surface area contributed by atoms with Crippen molar-refractivity contribution < 1.29 is 15.0 Å². The fraction of sp³-hybridized carbons (Fsp3) is 0. The lowest BCUT2D eigenvalue weighted by Gasteiger charge is -2.02. The Morgan fingerprint density at radius 3 is 1.62 bits per heavy atom. The molecule has 0 aliphatic rings. The van der Waals surface area contributed by atoms with Gasteiger partial charge in [-0.3, -0.25) is 4.79 Å². The van der Waals surface area contributed by atoms with Gasteiger partial charge in [0.25, 0.3) is 0 Å². The van der Waals surface area contributed by atoms with E-state index in [9.17, 15) is 15.0 Å². The molecule has 0 saturated heterocycles. The number of ketones is 1. The van der Waals surface area contributed by atoms with Crippen LogP contribution in [0.4, 0.5) is 0 Å². The van der Waals surface area contributed by atoms with Crippen LogP contribution in [0.1, 0.15) is 15.9 Å². The topological polar surface area (TPSA) is 57.5 Å². The summed E-state index contributed by atoms with van der Waals surface area (Å²) in [5.74, 6) is -0.135. The number of carbonyl (C=O) groups excluding carboxylic acids is 1. The van der Waals surface area contributed by atoms with Gasteiger partial charge < -0.3 is 10.2 Å². The van der Waals surface area contributed by atoms with Crippen LogP contribution >= 0.6 is 0 Å². The zero-order chi connectivity index (χ0) is 11.5. The average molecular weight is 214 g/mol. The second-order valence-corrected chi connectivity index (χ2v) is 3.43. The fourth-order valence-corrected chi connectivity index (χ4v) is 1.46.